The molecule has 0 fully saturated rings. The van der Waals surface area contributed by atoms with E-state index in [0.717, 1.165) is 5.76 Å². The van der Waals surface area contributed by atoms with Gasteiger partial charge in [-0.15, -0.1) is 0 Å². The van der Waals surface area contributed by atoms with Crippen LogP contribution in [0.1, 0.15) is 128 Å². The van der Waals surface area contributed by atoms with Gasteiger partial charge in [-0.25, -0.2) is 0 Å². The molecule has 0 aromatic carbocycles. The van der Waals surface area contributed by atoms with Crippen LogP contribution in [0.3, 0.4) is 0 Å². The van der Waals surface area contributed by atoms with Gasteiger partial charge in [0.2, 0.25) is 0 Å². The molecule has 1 heteroatoms. The van der Waals surface area contributed by atoms with E-state index in [-0.39, 0.29) is 0 Å². The SMILES string of the molecule is CCCCCCCCCCCCCCCCCC(C)c1ccco1. The van der Waals surface area contributed by atoms with Gasteiger partial charge < -0.3 is 4.42 Å². The van der Waals surface area contributed by atoms with Gasteiger partial charge in [-0.05, 0) is 18.6 Å². The van der Waals surface area contributed by atoms with Gasteiger partial charge in [0, 0.05) is 5.92 Å². The first-order valence-corrected chi connectivity index (χ1v) is 10.9. The van der Waals surface area contributed by atoms with Crippen molar-refractivity contribution in [2.45, 2.75) is 122 Å². The standard InChI is InChI=1S/C23H42O/c1-3-4-5-6-7-8-9-10-11-12-13-14-15-16-17-19-22(2)23-20-18-21-24-23/h18,20-22H,3-17,19H2,1-2H3. The van der Waals surface area contributed by atoms with Crippen molar-refractivity contribution < 1.29 is 4.42 Å². The Hall–Kier alpha value is -0.720. The minimum absolute atomic E-state index is 0.585. The summed E-state index contributed by atoms with van der Waals surface area (Å²) in [5.41, 5.74) is 0. The molecular weight excluding hydrogens is 292 g/mol. The number of furan rings is 1. The van der Waals surface area contributed by atoms with Crippen molar-refractivity contribution in [1.29, 1.82) is 0 Å². The lowest BCUT2D eigenvalue weighted by atomic mass is 9.99. The van der Waals surface area contributed by atoms with E-state index < -0.39 is 0 Å². The van der Waals surface area contributed by atoms with E-state index in [1.165, 1.54) is 103 Å². The summed E-state index contributed by atoms with van der Waals surface area (Å²) in [6, 6.07) is 4.11. The molecule has 0 aliphatic carbocycles. The molecule has 0 spiro atoms. The Bertz CT molecular complexity index is 341. The number of hydrogen-bond acceptors (Lipinski definition) is 1. The van der Waals surface area contributed by atoms with Crippen LogP contribution >= 0.6 is 0 Å². The van der Waals surface area contributed by atoms with Crippen molar-refractivity contribution in [3.05, 3.63) is 24.2 Å². The van der Waals surface area contributed by atoms with Crippen molar-refractivity contribution in [3.63, 3.8) is 0 Å². The first kappa shape index (κ1) is 21.3. The van der Waals surface area contributed by atoms with Gasteiger partial charge in [0.05, 0.1) is 6.26 Å². The van der Waals surface area contributed by atoms with Crippen LogP contribution in [0.2, 0.25) is 0 Å². The highest BCUT2D eigenvalue weighted by atomic mass is 16.3. The van der Waals surface area contributed by atoms with Crippen LogP contribution in [0.4, 0.5) is 0 Å². The van der Waals surface area contributed by atoms with Crippen molar-refractivity contribution in [1.82, 2.24) is 0 Å². The van der Waals surface area contributed by atoms with Crippen LogP contribution in [-0.2, 0) is 0 Å². The predicted octanol–water partition coefficient (Wildman–Crippen LogP) is 8.64. The average molecular weight is 335 g/mol. The normalized spacial score (nSPS) is 12.6. The van der Waals surface area contributed by atoms with Gasteiger partial charge in [0.25, 0.3) is 0 Å². The molecule has 1 heterocycles. The summed E-state index contributed by atoms with van der Waals surface area (Å²) in [4.78, 5) is 0. The summed E-state index contributed by atoms with van der Waals surface area (Å²) in [7, 11) is 0. The van der Waals surface area contributed by atoms with Crippen LogP contribution in [-0.4, -0.2) is 0 Å². The highest BCUT2D eigenvalue weighted by Crippen LogP contribution is 2.22. The molecule has 0 saturated carbocycles. The Labute approximate surface area is 151 Å². The molecule has 0 radical (unpaired) electrons. The fourth-order valence-corrected chi connectivity index (χ4v) is 3.54. The molecule has 0 saturated heterocycles. The van der Waals surface area contributed by atoms with Crippen LogP contribution in [0.25, 0.3) is 0 Å². The Morgan fingerprint density at radius 1 is 0.708 bits per heavy atom. The minimum atomic E-state index is 0.585. The number of unbranched alkanes of at least 4 members (excludes halogenated alkanes) is 14. The first-order chi connectivity index (χ1) is 11.8. The van der Waals surface area contributed by atoms with E-state index in [0.29, 0.717) is 5.92 Å². The Balaban J connectivity index is 1.73. The van der Waals surface area contributed by atoms with E-state index in [4.69, 9.17) is 4.42 Å². The number of rotatable bonds is 17. The Kier molecular flexibility index (Phi) is 14.0. The lowest BCUT2D eigenvalue weighted by Gasteiger charge is -2.08. The molecule has 24 heavy (non-hydrogen) atoms. The van der Waals surface area contributed by atoms with Gasteiger partial charge in [0.1, 0.15) is 5.76 Å². The van der Waals surface area contributed by atoms with Crippen molar-refractivity contribution in [2.24, 2.45) is 0 Å². The summed E-state index contributed by atoms with van der Waals surface area (Å²) in [5.74, 6) is 1.74. The average Bonchev–Trinajstić information content (AvgIpc) is 3.13. The topological polar surface area (TPSA) is 13.1 Å². The summed E-state index contributed by atoms with van der Waals surface area (Å²) in [6.07, 6.45) is 24.6. The van der Waals surface area contributed by atoms with E-state index in [1.807, 2.05) is 6.07 Å². The summed E-state index contributed by atoms with van der Waals surface area (Å²) >= 11 is 0. The van der Waals surface area contributed by atoms with Gasteiger partial charge >= 0.3 is 0 Å². The van der Waals surface area contributed by atoms with E-state index in [9.17, 15) is 0 Å². The molecule has 140 valence electrons. The fourth-order valence-electron chi connectivity index (χ4n) is 3.54. The third kappa shape index (κ3) is 11.8. The molecule has 0 bridgehead atoms. The third-order valence-corrected chi connectivity index (χ3v) is 5.27. The smallest absolute Gasteiger partial charge is 0.106 e. The second kappa shape index (κ2) is 15.8. The van der Waals surface area contributed by atoms with E-state index in [2.05, 4.69) is 19.9 Å². The highest BCUT2D eigenvalue weighted by molar-refractivity contribution is 5.03. The van der Waals surface area contributed by atoms with Gasteiger partial charge in [-0.1, -0.05) is 110 Å². The molecule has 1 unspecified atom stereocenters. The zero-order valence-electron chi connectivity index (χ0n) is 16.5. The van der Waals surface area contributed by atoms with Crippen LogP contribution in [0.15, 0.2) is 22.8 Å². The van der Waals surface area contributed by atoms with Crippen LogP contribution in [0.5, 0.6) is 0 Å². The second-order valence-electron chi connectivity index (χ2n) is 7.65. The van der Waals surface area contributed by atoms with Gasteiger partial charge in [-0.2, -0.15) is 0 Å². The van der Waals surface area contributed by atoms with Crippen LogP contribution < -0.4 is 0 Å². The fraction of sp³-hybridized carbons (Fsp3) is 0.826. The lowest BCUT2D eigenvalue weighted by molar-refractivity contribution is 0.447. The predicted molar refractivity (Wildman–Crippen MR) is 107 cm³/mol. The molecule has 1 atom stereocenters. The first-order valence-electron chi connectivity index (χ1n) is 10.9. The van der Waals surface area contributed by atoms with Crippen molar-refractivity contribution >= 4 is 0 Å². The molecular formula is C23H42O. The highest BCUT2D eigenvalue weighted by Gasteiger charge is 2.07. The molecule has 1 aromatic heterocycles. The summed E-state index contributed by atoms with van der Waals surface area (Å²) in [5, 5.41) is 0. The van der Waals surface area contributed by atoms with Gasteiger partial charge in [-0.3, -0.25) is 0 Å². The largest absolute Gasteiger partial charge is 0.469 e. The summed E-state index contributed by atoms with van der Waals surface area (Å²) < 4.78 is 5.47. The maximum absolute atomic E-state index is 5.47. The zero-order chi connectivity index (χ0) is 17.3. The quantitative estimate of drug-likeness (QED) is 0.260. The molecule has 0 aliphatic rings. The second-order valence-corrected chi connectivity index (χ2v) is 7.65. The minimum Gasteiger partial charge on any atom is -0.469 e. The molecule has 0 N–H and O–H groups in total. The zero-order valence-corrected chi connectivity index (χ0v) is 16.5. The molecule has 0 aliphatic heterocycles. The lowest BCUT2D eigenvalue weighted by Crippen LogP contribution is -1.91. The third-order valence-electron chi connectivity index (χ3n) is 5.27. The van der Waals surface area contributed by atoms with Crippen LogP contribution in [0, 0.1) is 0 Å². The molecule has 1 aromatic rings. The molecule has 0 amide bonds. The molecule has 1 rings (SSSR count). The van der Waals surface area contributed by atoms with E-state index in [1.54, 1.807) is 6.26 Å². The van der Waals surface area contributed by atoms with E-state index >= 15 is 0 Å². The van der Waals surface area contributed by atoms with Crippen molar-refractivity contribution in [2.75, 3.05) is 0 Å². The Morgan fingerprint density at radius 2 is 1.17 bits per heavy atom. The monoisotopic (exact) mass is 334 g/mol. The maximum atomic E-state index is 5.47. The van der Waals surface area contributed by atoms with Gasteiger partial charge in [0.15, 0.2) is 0 Å². The summed E-state index contributed by atoms with van der Waals surface area (Å²) in [6.45, 7) is 4.57. The van der Waals surface area contributed by atoms with Crippen molar-refractivity contribution in [3.8, 4) is 0 Å². The maximum Gasteiger partial charge on any atom is 0.106 e. The Morgan fingerprint density at radius 3 is 1.58 bits per heavy atom. The number of hydrogen-bond donors (Lipinski definition) is 0. The molecule has 1 nitrogen and oxygen atoms in total.